The number of hydrogen-bond acceptors (Lipinski definition) is 6. The number of carboxylic acids is 2. The van der Waals surface area contributed by atoms with Gasteiger partial charge in [0.1, 0.15) is 0 Å². The number of carboxylic acid groups (broad SMARTS) is 2. The second-order valence-corrected chi connectivity index (χ2v) is 14.8. The molecule has 0 rings (SSSR count). The van der Waals surface area contributed by atoms with E-state index >= 15 is 0 Å². The average molecular weight is 1100 g/mol. The van der Waals surface area contributed by atoms with Gasteiger partial charge in [0.2, 0.25) is 0 Å². The van der Waals surface area contributed by atoms with Gasteiger partial charge in [0, 0.05) is 0 Å². The molecule has 0 fully saturated rings. The molecule has 0 aliphatic heterocycles. The van der Waals surface area contributed by atoms with E-state index in [1.807, 2.05) is 0 Å². The van der Waals surface area contributed by atoms with Gasteiger partial charge in [0.05, 0.1) is 11.9 Å². The van der Waals surface area contributed by atoms with Gasteiger partial charge in [-0.05, 0) is 48.3 Å². The molecule has 0 aromatic rings. The van der Waals surface area contributed by atoms with Crippen molar-refractivity contribution in [1.82, 2.24) is 0 Å². The van der Waals surface area contributed by atoms with E-state index < -0.39 is 178 Å². The zero-order valence-corrected chi connectivity index (χ0v) is 31.2. The van der Waals surface area contributed by atoms with Gasteiger partial charge in [-0.15, -0.1) is 0 Å². The molecule has 40 heteroatoms. The van der Waals surface area contributed by atoms with Crippen LogP contribution in [0.15, 0.2) is 11.1 Å². The van der Waals surface area contributed by atoms with Crippen LogP contribution in [0, 0.1) is 0 Å². The van der Waals surface area contributed by atoms with Gasteiger partial charge in [0.15, 0.2) is 0 Å². The normalized spacial score (nSPS) is 16.4. The van der Waals surface area contributed by atoms with Crippen molar-refractivity contribution in [3.8, 4) is 0 Å². The monoisotopic (exact) mass is 1100 g/mol. The molecule has 4 nitrogen and oxygen atoms in total. The Morgan fingerprint density at radius 1 is 0.288 bits per heavy atom. The first-order chi connectivity index (χ1) is 28.3. The van der Waals surface area contributed by atoms with Crippen LogP contribution < -0.4 is 10.2 Å². The zero-order valence-electron chi connectivity index (χ0n) is 29.5. The highest BCUT2D eigenvalue weighted by molar-refractivity contribution is 8.00. The number of thioether (sulfide) groups is 2. The summed E-state index contributed by atoms with van der Waals surface area (Å²) in [5.41, 5.74) is -4.02. The summed E-state index contributed by atoms with van der Waals surface area (Å²) in [6, 6.07) is 0. The highest BCUT2D eigenvalue weighted by Crippen LogP contribution is 2.67. The Labute approximate surface area is 347 Å². The molecule has 0 bridgehead atoms. The summed E-state index contributed by atoms with van der Waals surface area (Å²) in [7, 11) is 0. The Balaban J connectivity index is 6.43. The first kappa shape index (κ1) is 63.0. The molecule has 0 aromatic carbocycles. The number of carbonyl (C=O) groups is 2. The summed E-state index contributed by atoms with van der Waals surface area (Å²) in [4.78, 5) is 22.7. The molecule has 0 saturated carbocycles. The van der Waals surface area contributed by atoms with Gasteiger partial charge in [-0.3, -0.25) is 0 Å². The van der Waals surface area contributed by atoms with E-state index in [2.05, 4.69) is 0 Å². The van der Waals surface area contributed by atoms with Gasteiger partial charge >= 0.3 is 93.9 Å². The molecule has 0 aromatic heterocycles. The van der Waals surface area contributed by atoms with Crippen molar-refractivity contribution in [1.29, 1.82) is 0 Å². The number of hydrogen-bond donors (Lipinski definition) is 0. The molecule has 0 radical (unpaired) electrons. The van der Waals surface area contributed by atoms with E-state index in [0.29, 0.717) is 0 Å². The molecule has 0 atom stereocenters. The van der Waals surface area contributed by atoms with Crippen LogP contribution in [-0.4, -0.2) is 117 Å². The molecule has 0 N–H and O–H groups in total. The minimum atomic E-state index is -9.01. The maximum Gasteiger partial charge on any atom is 0.460 e. The Morgan fingerprint density at radius 2 is 0.455 bits per heavy atom. The van der Waals surface area contributed by atoms with Crippen LogP contribution in [0.25, 0.3) is 0 Å². The molecule has 0 aliphatic carbocycles. The molecule has 0 heterocycles. The highest BCUT2D eigenvalue weighted by atomic mass is 32.2. The smallest absolute Gasteiger partial charge is 0.460 e. The van der Waals surface area contributed by atoms with E-state index in [4.69, 9.17) is 0 Å². The van der Waals surface area contributed by atoms with Crippen molar-refractivity contribution in [3.05, 3.63) is 11.1 Å². The van der Waals surface area contributed by atoms with Crippen LogP contribution in [0.2, 0.25) is 0 Å². The van der Waals surface area contributed by atoms with Crippen LogP contribution in [0.4, 0.5) is 149 Å². The quantitative estimate of drug-likeness (QED) is 0.0544. The fraction of sp³-hybridized carbons (Fsp3) is 0.846. The minimum Gasteiger partial charge on any atom is -0.545 e. The number of aliphatic carboxylic acids is 2. The van der Waals surface area contributed by atoms with Crippen LogP contribution in [-0.2, 0) is 9.59 Å². The van der Waals surface area contributed by atoms with Crippen LogP contribution in [0.1, 0.15) is 25.7 Å². The summed E-state index contributed by atoms with van der Waals surface area (Å²) < 4.78 is 455. The molecule has 0 amide bonds. The summed E-state index contributed by atoms with van der Waals surface area (Å²) in [5.74, 6) is -115. The Bertz CT molecular complexity index is 1650. The molecule has 66 heavy (non-hydrogen) atoms. The van der Waals surface area contributed by atoms with Crippen molar-refractivity contribution in [2.75, 3.05) is 11.5 Å². The molecule has 0 saturated heterocycles. The number of rotatable bonds is 24. The fourth-order valence-corrected chi connectivity index (χ4v) is 5.84. The molecule has 0 spiro atoms. The Kier molecular flexibility index (Phi) is 17.2. The van der Waals surface area contributed by atoms with Crippen LogP contribution in [0.3, 0.4) is 0 Å². The lowest BCUT2D eigenvalue weighted by molar-refractivity contribution is -0.458. The van der Waals surface area contributed by atoms with Crippen molar-refractivity contribution in [2.45, 2.75) is 120 Å². The Morgan fingerprint density at radius 3 is 0.621 bits per heavy atom. The summed E-state index contributed by atoms with van der Waals surface area (Å²) >= 11 is -4.48. The maximum absolute atomic E-state index is 14.1. The van der Waals surface area contributed by atoms with Crippen molar-refractivity contribution >= 4 is 35.5 Å². The third kappa shape index (κ3) is 9.63. The molecule has 392 valence electrons. The van der Waals surface area contributed by atoms with E-state index in [9.17, 15) is 169 Å². The largest absolute Gasteiger partial charge is 0.545 e. The topological polar surface area (TPSA) is 80.3 Å². The lowest BCUT2D eigenvalue weighted by atomic mass is 9.91. The lowest BCUT2D eigenvalue weighted by Gasteiger charge is -2.42. The summed E-state index contributed by atoms with van der Waals surface area (Å²) in [5, 5.41) is 8.47. The van der Waals surface area contributed by atoms with E-state index in [-0.39, 0.29) is 0 Å². The van der Waals surface area contributed by atoms with Gasteiger partial charge in [-0.2, -0.15) is 149 Å². The minimum absolute atomic E-state index is 1.80. The Hall–Kier alpha value is -3.00. The van der Waals surface area contributed by atoms with Gasteiger partial charge in [-0.25, -0.2) is 0 Å². The number of carbonyl (C=O) groups excluding carboxylic acids is 2. The third-order valence-electron chi connectivity index (χ3n) is 7.95. The standard InChI is InChI=1S/C26H14F34O4S2/c27-11(28,15(35,36)19(43,44)23(51,52)53)13(31,32)17(39,40)21(47,48)25(57,58)65-5-1-3-7(9(61)62)8(10(63)64)4-2-6-66-26(59,60)22(49,50)18(41,42)14(33,34)12(29,30)16(37,38)20(45,46)24(54,55)56/h1-6H2,(H,61,62)(H,63,64)/p-2/b8-7+. The molecule has 0 unspecified atom stereocenters. The highest BCUT2D eigenvalue weighted by Gasteiger charge is 2.97. The molecule has 0 aliphatic rings. The van der Waals surface area contributed by atoms with Gasteiger partial charge in [-0.1, -0.05) is 23.5 Å². The van der Waals surface area contributed by atoms with E-state index in [1.165, 1.54) is 0 Å². The summed E-state index contributed by atoms with van der Waals surface area (Å²) in [6.07, 6.45) is -23.5. The lowest BCUT2D eigenvalue weighted by Crippen LogP contribution is -2.74. The van der Waals surface area contributed by atoms with Crippen LogP contribution >= 0.6 is 23.5 Å². The third-order valence-corrected chi connectivity index (χ3v) is 10.2. The van der Waals surface area contributed by atoms with Crippen LogP contribution in [0.5, 0.6) is 0 Å². The molecular weight excluding hydrogens is 1090 g/mol. The van der Waals surface area contributed by atoms with Gasteiger partial charge in [0.25, 0.3) is 0 Å². The van der Waals surface area contributed by atoms with Gasteiger partial charge < -0.3 is 19.8 Å². The van der Waals surface area contributed by atoms with E-state index in [0.717, 1.165) is 0 Å². The first-order valence-electron chi connectivity index (χ1n) is 15.2. The number of alkyl halides is 34. The predicted octanol–water partition coefficient (Wildman–Crippen LogP) is 10.7. The van der Waals surface area contributed by atoms with Crippen molar-refractivity contribution in [2.24, 2.45) is 0 Å². The summed E-state index contributed by atoms with van der Waals surface area (Å²) in [6.45, 7) is 0. The second-order valence-electron chi connectivity index (χ2n) is 12.4. The fourth-order valence-electron chi connectivity index (χ4n) is 4.13. The maximum atomic E-state index is 14.1. The zero-order chi connectivity index (χ0) is 54.0. The predicted molar refractivity (Wildman–Crippen MR) is 142 cm³/mol. The van der Waals surface area contributed by atoms with Crippen molar-refractivity contribution < 1.29 is 169 Å². The first-order valence-corrected chi connectivity index (χ1v) is 17.2. The van der Waals surface area contributed by atoms with E-state index in [1.54, 1.807) is 0 Å². The SMILES string of the molecule is O=C([O-])/C(CCCSC(F)(F)C(F)(F)C(F)(F)C(F)(F)C(F)(F)C(F)(F)C(F)(F)C(F)(F)F)=C(\CCCSC(F)(F)C(F)(F)C(F)(F)C(F)(F)C(F)(F)C(F)(F)C(F)(F)C(F)(F)F)C(=O)[O-]. The second kappa shape index (κ2) is 18.1. The number of halogens is 34. The molecular formula is C26H12F34O4S2-2. The van der Waals surface area contributed by atoms with Crippen molar-refractivity contribution in [3.63, 3.8) is 0 Å². The average Bonchev–Trinajstić information content (AvgIpc) is 3.09.